The van der Waals surface area contributed by atoms with Gasteiger partial charge in [-0.1, -0.05) is 29.8 Å². The van der Waals surface area contributed by atoms with Crippen molar-refractivity contribution in [3.05, 3.63) is 42.1 Å². The van der Waals surface area contributed by atoms with Gasteiger partial charge in [-0.2, -0.15) is 5.10 Å². The van der Waals surface area contributed by atoms with Crippen molar-refractivity contribution in [2.75, 3.05) is 0 Å². The fourth-order valence-corrected chi connectivity index (χ4v) is 1.91. The second kappa shape index (κ2) is 6.18. The summed E-state index contributed by atoms with van der Waals surface area (Å²) in [5, 5.41) is 13.1. The summed E-state index contributed by atoms with van der Waals surface area (Å²) in [6, 6.07) is 10.3. The molecule has 0 radical (unpaired) electrons. The highest BCUT2D eigenvalue weighted by Crippen LogP contribution is 2.17. The third-order valence-corrected chi connectivity index (χ3v) is 3.02. The molecule has 1 N–H and O–H groups in total. The molecule has 4 nitrogen and oxygen atoms in total. The number of aryl methyl sites for hydroxylation is 2. The quantitative estimate of drug-likeness (QED) is 0.810. The number of unbranched alkanes of at least 4 members (excludes halogenated alkanes) is 1. The van der Waals surface area contributed by atoms with Crippen LogP contribution in [0.2, 0.25) is 0 Å². The van der Waals surface area contributed by atoms with E-state index >= 15 is 0 Å². The van der Waals surface area contributed by atoms with E-state index in [1.165, 1.54) is 5.56 Å². The van der Waals surface area contributed by atoms with Gasteiger partial charge >= 0.3 is 5.97 Å². The van der Waals surface area contributed by atoms with E-state index < -0.39 is 5.97 Å². The van der Waals surface area contributed by atoms with E-state index in [2.05, 4.69) is 36.3 Å². The molecule has 1 heterocycles. The number of hydrogen-bond acceptors (Lipinski definition) is 2. The van der Waals surface area contributed by atoms with E-state index in [9.17, 15) is 4.79 Å². The summed E-state index contributed by atoms with van der Waals surface area (Å²) in [6.07, 6.45) is 3.69. The number of carboxylic acids is 1. The van der Waals surface area contributed by atoms with Gasteiger partial charge < -0.3 is 5.11 Å². The lowest BCUT2D eigenvalue weighted by Gasteiger charge is -2.01. The van der Waals surface area contributed by atoms with Crippen molar-refractivity contribution in [3.63, 3.8) is 0 Å². The maximum Gasteiger partial charge on any atom is 0.303 e. The van der Waals surface area contributed by atoms with Crippen LogP contribution in [0.25, 0.3) is 11.3 Å². The number of nitrogens with zero attached hydrogens (tertiary/aromatic N) is 2. The number of benzene rings is 1. The summed E-state index contributed by atoms with van der Waals surface area (Å²) in [5.41, 5.74) is 3.30. The molecule has 0 aliphatic rings. The molecule has 1 aromatic carbocycles. The minimum atomic E-state index is -0.735. The minimum Gasteiger partial charge on any atom is -0.481 e. The van der Waals surface area contributed by atoms with Gasteiger partial charge in [-0.15, -0.1) is 0 Å². The van der Waals surface area contributed by atoms with E-state index in [0.717, 1.165) is 24.2 Å². The second-order valence-electron chi connectivity index (χ2n) is 4.68. The molecule has 0 bridgehead atoms. The number of aliphatic carboxylic acids is 1. The van der Waals surface area contributed by atoms with Crippen molar-refractivity contribution >= 4 is 5.97 Å². The predicted molar refractivity (Wildman–Crippen MR) is 73.9 cm³/mol. The van der Waals surface area contributed by atoms with Gasteiger partial charge in [-0.05, 0) is 25.8 Å². The Morgan fingerprint density at radius 2 is 1.95 bits per heavy atom. The standard InChI is InChI=1S/C15H18N2O2/c1-12-5-7-13(8-6-12)14-9-11-17(16-14)10-3-2-4-15(18)19/h5-9,11H,2-4,10H2,1H3,(H,18,19). The van der Waals surface area contributed by atoms with Crippen LogP contribution in [-0.4, -0.2) is 20.9 Å². The molecule has 4 heteroatoms. The van der Waals surface area contributed by atoms with Gasteiger partial charge in [0.1, 0.15) is 0 Å². The number of carbonyl (C=O) groups is 1. The SMILES string of the molecule is Cc1ccc(-c2ccn(CCCCC(=O)O)n2)cc1. The normalized spacial score (nSPS) is 10.6. The number of carboxylic acid groups (broad SMARTS) is 1. The molecule has 0 saturated carbocycles. The van der Waals surface area contributed by atoms with E-state index in [1.807, 2.05) is 16.9 Å². The molecule has 0 fully saturated rings. The van der Waals surface area contributed by atoms with Gasteiger partial charge in [0, 0.05) is 24.7 Å². The molecule has 0 amide bonds. The number of rotatable bonds is 6. The van der Waals surface area contributed by atoms with Crippen LogP contribution in [0.4, 0.5) is 0 Å². The zero-order valence-corrected chi connectivity index (χ0v) is 11.0. The summed E-state index contributed by atoms with van der Waals surface area (Å²) >= 11 is 0. The van der Waals surface area contributed by atoms with Crippen LogP contribution in [0.15, 0.2) is 36.5 Å². The van der Waals surface area contributed by atoms with Crippen molar-refractivity contribution in [2.24, 2.45) is 0 Å². The highest BCUT2D eigenvalue weighted by molar-refractivity contribution is 5.66. The maximum atomic E-state index is 10.4. The topological polar surface area (TPSA) is 55.1 Å². The molecule has 0 aliphatic carbocycles. The molecule has 0 unspecified atom stereocenters. The molecule has 100 valence electrons. The zero-order valence-electron chi connectivity index (χ0n) is 11.0. The first-order valence-corrected chi connectivity index (χ1v) is 6.47. The Morgan fingerprint density at radius 3 is 2.63 bits per heavy atom. The first-order valence-electron chi connectivity index (χ1n) is 6.47. The first-order chi connectivity index (χ1) is 9.15. The summed E-state index contributed by atoms with van der Waals surface area (Å²) in [5.74, 6) is -0.735. The van der Waals surface area contributed by atoms with Gasteiger partial charge in [-0.3, -0.25) is 9.48 Å². The first kappa shape index (κ1) is 13.3. The van der Waals surface area contributed by atoms with Crippen molar-refractivity contribution in [3.8, 4) is 11.3 Å². The van der Waals surface area contributed by atoms with Gasteiger partial charge in [0.05, 0.1) is 5.69 Å². The van der Waals surface area contributed by atoms with Crippen molar-refractivity contribution < 1.29 is 9.90 Å². The summed E-state index contributed by atoms with van der Waals surface area (Å²) in [7, 11) is 0. The lowest BCUT2D eigenvalue weighted by Crippen LogP contribution is -2.01. The van der Waals surface area contributed by atoms with Crippen LogP contribution in [0.5, 0.6) is 0 Å². The van der Waals surface area contributed by atoms with Crippen molar-refractivity contribution in [1.29, 1.82) is 0 Å². The molecule has 19 heavy (non-hydrogen) atoms. The van der Waals surface area contributed by atoms with Crippen LogP contribution in [0.3, 0.4) is 0 Å². The van der Waals surface area contributed by atoms with Crippen molar-refractivity contribution in [1.82, 2.24) is 9.78 Å². The Kier molecular flexibility index (Phi) is 4.34. The van der Waals surface area contributed by atoms with Crippen LogP contribution in [0.1, 0.15) is 24.8 Å². The Balaban J connectivity index is 1.91. The summed E-state index contributed by atoms with van der Waals surface area (Å²) in [4.78, 5) is 10.4. The van der Waals surface area contributed by atoms with Crippen LogP contribution >= 0.6 is 0 Å². The lowest BCUT2D eigenvalue weighted by atomic mass is 10.1. The minimum absolute atomic E-state index is 0.228. The van der Waals surface area contributed by atoms with E-state index in [4.69, 9.17) is 5.11 Å². The van der Waals surface area contributed by atoms with E-state index in [1.54, 1.807) is 0 Å². The average molecular weight is 258 g/mol. The molecule has 2 rings (SSSR count). The Hall–Kier alpha value is -2.10. The Morgan fingerprint density at radius 1 is 1.21 bits per heavy atom. The highest BCUT2D eigenvalue weighted by Gasteiger charge is 2.02. The maximum absolute atomic E-state index is 10.4. The lowest BCUT2D eigenvalue weighted by molar-refractivity contribution is -0.137. The van der Waals surface area contributed by atoms with Crippen LogP contribution < -0.4 is 0 Å². The van der Waals surface area contributed by atoms with Gasteiger partial charge in [0.2, 0.25) is 0 Å². The van der Waals surface area contributed by atoms with Crippen LogP contribution in [-0.2, 0) is 11.3 Å². The third-order valence-electron chi connectivity index (χ3n) is 3.02. The monoisotopic (exact) mass is 258 g/mol. The molecular formula is C15H18N2O2. The molecule has 0 spiro atoms. The van der Waals surface area contributed by atoms with E-state index in [-0.39, 0.29) is 6.42 Å². The predicted octanol–water partition coefficient (Wildman–Crippen LogP) is 3.11. The fourth-order valence-electron chi connectivity index (χ4n) is 1.91. The highest BCUT2D eigenvalue weighted by atomic mass is 16.4. The smallest absolute Gasteiger partial charge is 0.303 e. The second-order valence-corrected chi connectivity index (χ2v) is 4.68. The molecule has 1 aromatic heterocycles. The van der Waals surface area contributed by atoms with E-state index in [0.29, 0.717) is 6.42 Å². The van der Waals surface area contributed by atoms with Crippen molar-refractivity contribution in [2.45, 2.75) is 32.7 Å². The van der Waals surface area contributed by atoms with Crippen LogP contribution in [0, 0.1) is 6.92 Å². The van der Waals surface area contributed by atoms with Gasteiger partial charge in [-0.25, -0.2) is 0 Å². The third kappa shape index (κ3) is 3.95. The zero-order chi connectivity index (χ0) is 13.7. The number of aromatic nitrogens is 2. The molecular weight excluding hydrogens is 240 g/mol. The molecule has 0 saturated heterocycles. The molecule has 0 atom stereocenters. The summed E-state index contributed by atoms with van der Waals surface area (Å²) in [6.45, 7) is 2.82. The fraction of sp³-hybridized carbons (Fsp3) is 0.333. The van der Waals surface area contributed by atoms with Gasteiger partial charge in [0.25, 0.3) is 0 Å². The molecule has 0 aliphatic heterocycles. The summed E-state index contributed by atoms with van der Waals surface area (Å²) < 4.78 is 1.87. The largest absolute Gasteiger partial charge is 0.481 e. The Bertz CT molecular complexity index is 544. The number of hydrogen-bond donors (Lipinski definition) is 1. The van der Waals surface area contributed by atoms with Gasteiger partial charge in [0.15, 0.2) is 0 Å². The Labute approximate surface area is 112 Å². The molecule has 2 aromatic rings. The average Bonchev–Trinajstić information content (AvgIpc) is 2.84.